The molecular weight excluding hydrogens is 332 g/mol. The smallest absolute Gasteiger partial charge is 0.221 e. The highest BCUT2D eigenvalue weighted by Gasteiger charge is 2.35. The molecule has 0 aromatic carbocycles. The zero-order valence-corrected chi connectivity index (χ0v) is 15.7. The molecule has 1 aromatic rings. The summed E-state index contributed by atoms with van der Waals surface area (Å²) in [4.78, 5) is 21.4. The van der Waals surface area contributed by atoms with Crippen LogP contribution in [-0.4, -0.2) is 78.8 Å². The van der Waals surface area contributed by atoms with Crippen LogP contribution < -0.4 is 10.1 Å². The number of nitrogens with one attached hydrogen (secondary N) is 1. The Bertz CT molecular complexity index is 581. The molecule has 144 valence electrons. The van der Waals surface area contributed by atoms with Gasteiger partial charge in [0.2, 0.25) is 11.8 Å². The van der Waals surface area contributed by atoms with Crippen molar-refractivity contribution < 1.29 is 14.6 Å². The van der Waals surface area contributed by atoms with Crippen LogP contribution in [0.3, 0.4) is 0 Å². The fourth-order valence-electron chi connectivity index (χ4n) is 3.65. The number of aliphatic hydroxyl groups excluding tert-OH is 1. The molecule has 26 heavy (non-hydrogen) atoms. The highest BCUT2D eigenvalue weighted by atomic mass is 16.5. The largest absolute Gasteiger partial charge is 0.481 e. The number of aliphatic hydroxyl groups is 1. The summed E-state index contributed by atoms with van der Waals surface area (Å²) in [6.07, 6.45) is 3.44. The van der Waals surface area contributed by atoms with Crippen LogP contribution in [0.25, 0.3) is 0 Å². The van der Waals surface area contributed by atoms with Gasteiger partial charge in [0.25, 0.3) is 0 Å². The molecule has 0 spiro atoms. The van der Waals surface area contributed by atoms with Gasteiger partial charge in [-0.2, -0.15) is 0 Å². The number of piperazine rings is 1. The molecule has 0 bridgehead atoms. The molecule has 1 saturated carbocycles. The summed E-state index contributed by atoms with van der Waals surface area (Å²) in [5.41, 5.74) is 0.968. The standard InChI is InChI=1S/C19H30N4O3/c1-22-7-9-23(10-8-22)6-5-17(25)21-19(15-11-16(24)12-15)14-3-4-18(26-2)20-13-14/h3-4,13,15-16,19,24H,5-12H2,1-2H3,(H,21,25)/t15?,16?,19-/m0/s1. The van der Waals surface area contributed by atoms with Gasteiger partial charge in [-0.25, -0.2) is 4.98 Å². The molecule has 0 unspecified atom stereocenters. The topological polar surface area (TPSA) is 77.9 Å². The van der Waals surface area contributed by atoms with E-state index in [0.717, 1.165) is 51.1 Å². The first-order chi connectivity index (χ1) is 12.5. The Balaban J connectivity index is 1.55. The maximum atomic E-state index is 12.5. The number of likely N-dealkylation sites (N-methyl/N-ethyl adjacent to an activating group) is 1. The van der Waals surface area contributed by atoms with Crippen LogP contribution in [0.2, 0.25) is 0 Å². The first kappa shape index (κ1) is 19.1. The summed E-state index contributed by atoms with van der Waals surface area (Å²) in [6, 6.07) is 3.66. The van der Waals surface area contributed by atoms with Crippen LogP contribution in [0.15, 0.2) is 18.3 Å². The van der Waals surface area contributed by atoms with E-state index in [0.29, 0.717) is 12.3 Å². The van der Waals surface area contributed by atoms with Gasteiger partial charge in [-0.1, -0.05) is 6.07 Å². The molecule has 7 nitrogen and oxygen atoms in total. The monoisotopic (exact) mass is 362 g/mol. The molecule has 1 aliphatic carbocycles. The Kier molecular flexibility index (Phi) is 6.45. The highest BCUT2D eigenvalue weighted by Crippen LogP contribution is 2.38. The Morgan fingerprint density at radius 3 is 2.65 bits per heavy atom. The minimum absolute atomic E-state index is 0.0612. The van der Waals surface area contributed by atoms with Crippen molar-refractivity contribution in [1.82, 2.24) is 20.1 Å². The second-order valence-electron chi connectivity index (χ2n) is 7.46. The van der Waals surface area contributed by atoms with E-state index in [4.69, 9.17) is 4.74 Å². The summed E-state index contributed by atoms with van der Waals surface area (Å²) in [7, 11) is 3.71. The fraction of sp³-hybridized carbons (Fsp3) is 0.684. The van der Waals surface area contributed by atoms with Gasteiger partial charge in [-0.3, -0.25) is 4.79 Å². The molecule has 1 amide bonds. The second kappa shape index (κ2) is 8.79. The van der Waals surface area contributed by atoms with Crippen molar-refractivity contribution in [3.8, 4) is 5.88 Å². The van der Waals surface area contributed by atoms with E-state index >= 15 is 0 Å². The molecule has 2 aliphatic rings. The number of aromatic nitrogens is 1. The zero-order valence-electron chi connectivity index (χ0n) is 15.7. The van der Waals surface area contributed by atoms with Crippen LogP contribution in [0, 0.1) is 5.92 Å². The van der Waals surface area contributed by atoms with Crippen molar-refractivity contribution in [2.24, 2.45) is 5.92 Å². The maximum Gasteiger partial charge on any atom is 0.221 e. The average Bonchev–Trinajstić information content (AvgIpc) is 2.63. The number of ether oxygens (including phenoxy) is 1. The van der Waals surface area contributed by atoms with E-state index in [1.807, 2.05) is 12.1 Å². The number of hydrogen-bond donors (Lipinski definition) is 2. The predicted molar refractivity (Wildman–Crippen MR) is 99.0 cm³/mol. The molecule has 2 heterocycles. The number of amides is 1. The lowest BCUT2D eigenvalue weighted by atomic mass is 9.75. The summed E-state index contributed by atoms with van der Waals surface area (Å²) in [5, 5.41) is 12.8. The van der Waals surface area contributed by atoms with E-state index in [1.165, 1.54) is 0 Å². The lowest BCUT2D eigenvalue weighted by Gasteiger charge is -2.38. The second-order valence-corrected chi connectivity index (χ2v) is 7.46. The predicted octanol–water partition coefficient (Wildman–Crippen LogP) is 0.656. The number of carbonyl (C=O) groups excluding carboxylic acids is 1. The van der Waals surface area contributed by atoms with Crippen molar-refractivity contribution >= 4 is 5.91 Å². The third kappa shape index (κ3) is 4.93. The molecular formula is C19H30N4O3. The highest BCUT2D eigenvalue weighted by molar-refractivity contribution is 5.76. The minimum Gasteiger partial charge on any atom is -0.481 e. The SMILES string of the molecule is COc1ccc([C@H](NC(=O)CCN2CCN(C)CC2)C2CC(O)C2)cn1. The summed E-state index contributed by atoms with van der Waals surface area (Å²) >= 11 is 0. The third-order valence-electron chi connectivity index (χ3n) is 5.52. The number of rotatable bonds is 7. The van der Waals surface area contributed by atoms with Gasteiger partial charge >= 0.3 is 0 Å². The maximum absolute atomic E-state index is 12.5. The Morgan fingerprint density at radius 2 is 2.08 bits per heavy atom. The van der Waals surface area contributed by atoms with Gasteiger partial charge in [-0.05, 0) is 31.4 Å². The molecule has 1 atom stereocenters. The molecule has 7 heteroatoms. The van der Waals surface area contributed by atoms with Crippen LogP contribution in [0.4, 0.5) is 0 Å². The molecule has 0 radical (unpaired) electrons. The number of nitrogens with zero attached hydrogens (tertiary/aromatic N) is 3. The van der Waals surface area contributed by atoms with Crippen molar-refractivity contribution in [2.75, 3.05) is 46.9 Å². The Hall–Kier alpha value is -1.70. The zero-order chi connectivity index (χ0) is 18.5. The van der Waals surface area contributed by atoms with Crippen molar-refractivity contribution in [3.05, 3.63) is 23.9 Å². The molecule has 3 rings (SSSR count). The lowest BCUT2D eigenvalue weighted by Crippen LogP contribution is -2.46. The van der Waals surface area contributed by atoms with E-state index in [-0.39, 0.29) is 24.0 Å². The van der Waals surface area contributed by atoms with Crippen LogP contribution in [-0.2, 0) is 4.79 Å². The molecule has 1 aliphatic heterocycles. The van der Waals surface area contributed by atoms with Gasteiger partial charge in [0.1, 0.15) is 0 Å². The number of methoxy groups -OCH3 is 1. The van der Waals surface area contributed by atoms with E-state index in [9.17, 15) is 9.90 Å². The third-order valence-corrected chi connectivity index (χ3v) is 5.52. The average molecular weight is 362 g/mol. The van der Waals surface area contributed by atoms with Gasteiger partial charge in [-0.15, -0.1) is 0 Å². The molecule has 1 saturated heterocycles. The van der Waals surface area contributed by atoms with Crippen molar-refractivity contribution in [1.29, 1.82) is 0 Å². The number of pyridine rings is 1. The lowest BCUT2D eigenvalue weighted by molar-refractivity contribution is -0.123. The number of carbonyl (C=O) groups is 1. The Morgan fingerprint density at radius 1 is 1.35 bits per heavy atom. The van der Waals surface area contributed by atoms with Crippen LogP contribution in [0.5, 0.6) is 5.88 Å². The summed E-state index contributed by atoms with van der Waals surface area (Å²) in [5.74, 6) is 0.876. The first-order valence-corrected chi connectivity index (χ1v) is 9.43. The fourth-order valence-corrected chi connectivity index (χ4v) is 3.65. The first-order valence-electron chi connectivity index (χ1n) is 9.43. The van der Waals surface area contributed by atoms with E-state index in [2.05, 4.69) is 27.1 Å². The Labute approximate surface area is 155 Å². The van der Waals surface area contributed by atoms with Crippen molar-refractivity contribution in [3.63, 3.8) is 0 Å². The molecule has 1 aromatic heterocycles. The quantitative estimate of drug-likeness (QED) is 0.742. The van der Waals surface area contributed by atoms with Gasteiger partial charge in [0, 0.05) is 51.4 Å². The number of hydrogen-bond acceptors (Lipinski definition) is 6. The summed E-state index contributed by atoms with van der Waals surface area (Å²) in [6.45, 7) is 4.94. The normalized spacial score (nSPS) is 25.3. The molecule has 2 fully saturated rings. The van der Waals surface area contributed by atoms with Gasteiger partial charge in [0.05, 0.1) is 19.3 Å². The minimum atomic E-state index is -0.254. The van der Waals surface area contributed by atoms with Crippen LogP contribution >= 0.6 is 0 Å². The van der Waals surface area contributed by atoms with Gasteiger partial charge in [0.15, 0.2) is 0 Å². The van der Waals surface area contributed by atoms with E-state index in [1.54, 1.807) is 13.3 Å². The van der Waals surface area contributed by atoms with Crippen molar-refractivity contribution in [2.45, 2.75) is 31.4 Å². The van der Waals surface area contributed by atoms with Crippen LogP contribution in [0.1, 0.15) is 30.9 Å². The van der Waals surface area contributed by atoms with E-state index < -0.39 is 0 Å². The molecule has 2 N–H and O–H groups in total. The summed E-state index contributed by atoms with van der Waals surface area (Å²) < 4.78 is 5.11. The van der Waals surface area contributed by atoms with Gasteiger partial charge < -0.3 is 25.0 Å².